The van der Waals surface area contributed by atoms with E-state index in [9.17, 15) is 23.1 Å². The number of amides is 1. The standard InChI is InChI=1S/C17H21F3N2O3/c18-17(19,20)25-14-5-3-13(4-6-14)16(24)22-9-7-21(8-10-22)11-15(23)12-1-2-12/h3-6,12,15,23H,1-2,7-11H2/t15-/m1/s1. The predicted molar refractivity (Wildman–Crippen MR) is 84.2 cm³/mol. The van der Waals surface area contributed by atoms with Crippen molar-refractivity contribution in [3.8, 4) is 5.75 Å². The molecule has 1 aliphatic carbocycles. The van der Waals surface area contributed by atoms with Crippen molar-refractivity contribution in [2.45, 2.75) is 25.3 Å². The van der Waals surface area contributed by atoms with E-state index in [0.717, 1.165) is 25.0 Å². The van der Waals surface area contributed by atoms with Crippen molar-refractivity contribution in [3.05, 3.63) is 29.8 Å². The summed E-state index contributed by atoms with van der Waals surface area (Å²) in [6.45, 7) is 3.08. The summed E-state index contributed by atoms with van der Waals surface area (Å²) in [5.74, 6) is -0.124. The molecule has 0 bridgehead atoms. The zero-order valence-corrected chi connectivity index (χ0v) is 13.7. The van der Waals surface area contributed by atoms with E-state index in [2.05, 4.69) is 9.64 Å². The van der Waals surface area contributed by atoms with Crippen LogP contribution in [0.15, 0.2) is 24.3 Å². The molecule has 138 valence electrons. The van der Waals surface area contributed by atoms with Gasteiger partial charge in [-0.05, 0) is 43.0 Å². The molecule has 1 aromatic carbocycles. The fourth-order valence-electron chi connectivity index (χ4n) is 3.01. The van der Waals surface area contributed by atoms with Gasteiger partial charge in [0.25, 0.3) is 5.91 Å². The average Bonchev–Trinajstić information content (AvgIpc) is 3.39. The van der Waals surface area contributed by atoms with Gasteiger partial charge in [0.2, 0.25) is 0 Å². The van der Waals surface area contributed by atoms with Gasteiger partial charge in [-0.2, -0.15) is 0 Å². The van der Waals surface area contributed by atoms with E-state index in [1.807, 2.05) is 0 Å². The quantitative estimate of drug-likeness (QED) is 0.876. The molecule has 1 saturated heterocycles. The molecule has 0 radical (unpaired) electrons. The van der Waals surface area contributed by atoms with Crippen LogP contribution in [0.4, 0.5) is 13.2 Å². The summed E-state index contributed by atoms with van der Waals surface area (Å²) in [7, 11) is 0. The van der Waals surface area contributed by atoms with Gasteiger partial charge in [-0.3, -0.25) is 9.69 Å². The summed E-state index contributed by atoms with van der Waals surface area (Å²) in [4.78, 5) is 16.3. The molecule has 5 nitrogen and oxygen atoms in total. The minimum atomic E-state index is -4.74. The highest BCUT2D eigenvalue weighted by Gasteiger charge is 2.33. The number of nitrogens with zero attached hydrogens (tertiary/aromatic N) is 2. The van der Waals surface area contributed by atoms with E-state index in [-0.39, 0.29) is 17.8 Å². The van der Waals surface area contributed by atoms with Crippen LogP contribution in [0.25, 0.3) is 0 Å². The third-order valence-corrected chi connectivity index (χ3v) is 4.61. The second kappa shape index (κ2) is 7.21. The Bertz CT molecular complexity index is 594. The third kappa shape index (κ3) is 5.09. The molecular weight excluding hydrogens is 337 g/mol. The molecule has 1 atom stereocenters. The molecular formula is C17H21F3N2O3. The van der Waals surface area contributed by atoms with E-state index in [1.165, 1.54) is 12.1 Å². The molecule has 1 saturated carbocycles. The Balaban J connectivity index is 1.50. The number of halogens is 3. The minimum absolute atomic E-state index is 0.207. The molecule has 0 aromatic heterocycles. The van der Waals surface area contributed by atoms with Crippen LogP contribution in [-0.2, 0) is 0 Å². The summed E-state index contributed by atoms with van der Waals surface area (Å²) < 4.78 is 40.3. The first kappa shape index (κ1) is 18.0. The van der Waals surface area contributed by atoms with Crippen molar-refractivity contribution in [2.24, 2.45) is 5.92 Å². The first-order valence-corrected chi connectivity index (χ1v) is 8.37. The maximum atomic E-state index is 12.4. The number of benzene rings is 1. The first-order chi connectivity index (χ1) is 11.8. The molecule has 1 N–H and O–H groups in total. The van der Waals surface area contributed by atoms with Crippen LogP contribution in [0.2, 0.25) is 0 Å². The summed E-state index contributed by atoms with van der Waals surface area (Å²) >= 11 is 0. The van der Waals surface area contributed by atoms with Gasteiger partial charge in [-0.15, -0.1) is 13.2 Å². The van der Waals surface area contributed by atoms with Crippen LogP contribution >= 0.6 is 0 Å². The molecule has 2 aliphatic rings. The van der Waals surface area contributed by atoms with Gasteiger partial charge in [-0.25, -0.2) is 0 Å². The Kier molecular flexibility index (Phi) is 5.19. The van der Waals surface area contributed by atoms with Crippen molar-refractivity contribution in [1.29, 1.82) is 0 Å². The fourth-order valence-corrected chi connectivity index (χ4v) is 3.01. The van der Waals surface area contributed by atoms with Gasteiger partial charge in [0.15, 0.2) is 0 Å². The van der Waals surface area contributed by atoms with Crippen molar-refractivity contribution in [2.75, 3.05) is 32.7 Å². The number of carbonyl (C=O) groups excluding carboxylic acids is 1. The number of hydrogen-bond acceptors (Lipinski definition) is 4. The second-order valence-electron chi connectivity index (χ2n) is 6.57. The van der Waals surface area contributed by atoms with Crippen LogP contribution in [-0.4, -0.2) is 66.0 Å². The van der Waals surface area contributed by atoms with Gasteiger partial charge < -0.3 is 14.7 Å². The van der Waals surface area contributed by atoms with Crippen LogP contribution < -0.4 is 4.74 Å². The highest BCUT2D eigenvalue weighted by molar-refractivity contribution is 5.94. The Labute approximate surface area is 144 Å². The van der Waals surface area contributed by atoms with E-state index >= 15 is 0 Å². The minimum Gasteiger partial charge on any atom is -0.406 e. The topological polar surface area (TPSA) is 53.0 Å². The lowest BCUT2D eigenvalue weighted by Gasteiger charge is -2.35. The maximum Gasteiger partial charge on any atom is 0.573 e. The average molecular weight is 358 g/mol. The lowest BCUT2D eigenvalue weighted by molar-refractivity contribution is -0.274. The zero-order valence-electron chi connectivity index (χ0n) is 13.7. The number of β-amino-alcohol motifs (C(OH)–C–C–N with tert-alkyl or cyclic N) is 1. The first-order valence-electron chi connectivity index (χ1n) is 8.37. The molecule has 0 spiro atoms. The van der Waals surface area contributed by atoms with Gasteiger partial charge >= 0.3 is 6.36 Å². The molecule has 0 unspecified atom stereocenters. The summed E-state index contributed by atoms with van der Waals surface area (Å²) in [5, 5.41) is 9.99. The molecule has 1 amide bonds. The lowest BCUT2D eigenvalue weighted by atomic mass is 10.1. The Morgan fingerprint density at radius 2 is 1.76 bits per heavy atom. The molecule has 3 rings (SSSR count). The van der Waals surface area contributed by atoms with Crippen LogP contribution in [0.5, 0.6) is 5.75 Å². The number of carbonyl (C=O) groups is 1. The number of alkyl halides is 3. The Morgan fingerprint density at radius 3 is 2.28 bits per heavy atom. The monoisotopic (exact) mass is 358 g/mol. The van der Waals surface area contributed by atoms with E-state index in [0.29, 0.717) is 44.2 Å². The molecule has 1 aromatic rings. The fraction of sp³-hybridized carbons (Fsp3) is 0.588. The van der Waals surface area contributed by atoms with Crippen LogP contribution in [0.3, 0.4) is 0 Å². The third-order valence-electron chi connectivity index (χ3n) is 4.61. The smallest absolute Gasteiger partial charge is 0.406 e. The number of aliphatic hydroxyl groups excluding tert-OH is 1. The molecule has 1 heterocycles. The molecule has 2 fully saturated rings. The number of piperazine rings is 1. The van der Waals surface area contributed by atoms with Crippen molar-refractivity contribution in [1.82, 2.24) is 9.80 Å². The Hall–Kier alpha value is -1.80. The molecule has 8 heteroatoms. The van der Waals surface area contributed by atoms with E-state index in [1.54, 1.807) is 4.90 Å². The summed E-state index contributed by atoms with van der Waals surface area (Å²) in [6.07, 6.45) is -2.85. The number of rotatable bonds is 5. The van der Waals surface area contributed by atoms with Gasteiger partial charge in [0.1, 0.15) is 5.75 Å². The second-order valence-corrected chi connectivity index (χ2v) is 6.57. The van der Waals surface area contributed by atoms with Crippen molar-refractivity contribution in [3.63, 3.8) is 0 Å². The number of aliphatic hydroxyl groups is 1. The Morgan fingerprint density at radius 1 is 1.16 bits per heavy atom. The van der Waals surface area contributed by atoms with Gasteiger partial charge in [-0.1, -0.05) is 0 Å². The molecule has 25 heavy (non-hydrogen) atoms. The van der Waals surface area contributed by atoms with Crippen molar-refractivity contribution < 1.29 is 27.8 Å². The zero-order chi connectivity index (χ0) is 18.0. The van der Waals surface area contributed by atoms with E-state index < -0.39 is 6.36 Å². The summed E-state index contributed by atoms with van der Waals surface area (Å²) in [5.41, 5.74) is 0.334. The summed E-state index contributed by atoms with van der Waals surface area (Å²) in [6, 6.07) is 4.96. The van der Waals surface area contributed by atoms with Crippen molar-refractivity contribution >= 4 is 5.91 Å². The highest BCUT2D eigenvalue weighted by atomic mass is 19.4. The van der Waals surface area contributed by atoms with Gasteiger partial charge in [0, 0.05) is 38.3 Å². The van der Waals surface area contributed by atoms with Gasteiger partial charge in [0.05, 0.1) is 6.10 Å². The maximum absolute atomic E-state index is 12.4. The normalized spacial score (nSPS) is 20.4. The van der Waals surface area contributed by atoms with Crippen LogP contribution in [0, 0.1) is 5.92 Å². The SMILES string of the molecule is O=C(c1ccc(OC(F)(F)F)cc1)N1CCN(C[C@@H](O)C2CC2)CC1. The predicted octanol–water partition coefficient (Wildman–Crippen LogP) is 2.11. The van der Waals surface area contributed by atoms with Crippen LogP contribution in [0.1, 0.15) is 23.2 Å². The number of ether oxygens (including phenoxy) is 1. The number of hydrogen-bond donors (Lipinski definition) is 1. The molecule has 1 aliphatic heterocycles. The largest absolute Gasteiger partial charge is 0.573 e. The van der Waals surface area contributed by atoms with E-state index in [4.69, 9.17) is 0 Å². The lowest BCUT2D eigenvalue weighted by Crippen LogP contribution is -2.50. The highest BCUT2D eigenvalue weighted by Crippen LogP contribution is 2.33.